The number of likely N-dealkylation sites (tertiary alicyclic amines) is 1. The third-order valence-corrected chi connectivity index (χ3v) is 6.63. The van der Waals surface area contributed by atoms with Crippen LogP contribution in [0.2, 0.25) is 0 Å². The normalized spacial score (nSPS) is 14.9. The summed E-state index contributed by atoms with van der Waals surface area (Å²) in [5.41, 5.74) is 0.205. The molecule has 0 aliphatic carbocycles. The zero-order valence-electron chi connectivity index (χ0n) is 15.2. The van der Waals surface area contributed by atoms with Crippen LogP contribution in [0.5, 0.6) is 0 Å². The number of sulfonamides is 1. The minimum absolute atomic E-state index is 0.0776. The summed E-state index contributed by atoms with van der Waals surface area (Å²) in [6, 6.07) is 8.09. The first-order valence-corrected chi connectivity index (χ1v) is 11.3. The molecule has 1 amide bonds. The fraction of sp³-hybridized carbons (Fsp3) is 0.263. The van der Waals surface area contributed by atoms with Crippen molar-refractivity contribution >= 4 is 48.5 Å². The highest BCUT2D eigenvalue weighted by molar-refractivity contribution is 9.10. The lowest BCUT2D eigenvalue weighted by Gasteiger charge is -2.25. The number of benzene rings is 2. The van der Waals surface area contributed by atoms with Crippen molar-refractivity contribution in [3.05, 3.63) is 52.4 Å². The lowest BCUT2D eigenvalue weighted by Crippen LogP contribution is -2.35. The Labute approximate surface area is 175 Å². The molecule has 1 fully saturated rings. The number of piperidine rings is 1. The van der Waals surface area contributed by atoms with Crippen molar-refractivity contribution in [3.63, 3.8) is 0 Å². The Bertz CT molecular complexity index is 1190. The van der Waals surface area contributed by atoms with E-state index in [0.717, 1.165) is 25.3 Å². The molecule has 1 aliphatic heterocycles. The number of rotatable bonds is 4. The first kappa shape index (κ1) is 19.8. The number of carbonyl (C=O) groups is 1. The van der Waals surface area contributed by atoms with Crippen molar-refractivity contribution in [2.75, 3.05) is 17.8 Å². The molecule has 0 saturated carbocycles. The Morgan fingerprint density at radius 3 is 2.62 bits per heavy atom. The summed E-state index contributed by atoms with van der Waals surface area (Å²) in [5.74, 6) is -1.00. The average Bonchev–Trinajstić information content (AvgIpc) is 3.13. The van der Waals surface area contributed by atoms with E-state index in [1.807, 2.05) is 0 Å². The molecule has 152 valence electrons. The highest BCUT2D eigenvalue weighted by Gasteiger charge is 2.25. The summed E-state index contributed by atoms with van der Waals surface area (Å²) in [7, 11) is -4.09. The summed E-state index contributed by atoms with van der Waals surface area (Å²) in [6.45, 7) is 1.27. The number of aromatic nitrogens is 1. The highest BCUT2D eigenvalue weighted by Crippen LogP contribution is 2.27. The second-order valence-corrected chi connectivity index (χ2v) is 9.37. The zero-order chi connectivity index (χ0) is 20.6. The van der Waals surface area contributed by atoms with E-state index in [0.29, 0.717) is 28.5 Å². The molecule has 1 N–H and O–H groups in total. The summed E-state index contributed by atoms with van der Waals surface area (Å²) >= 11 is 3.13. The number of hydrogen-bond donors (Lipinski definition) is 1. The van der Waals surface area contributed by atoms with Crippen LogP contribution in [-0.2, 0) is 10.0 Å². The van der Waals surface area contributed by atoms with Crippen LogP contribution < -0.4 is 4.72 Å². The van der Waals surface area contributed by atoms with E-state index >= 15 is 0 Å². The standard InChI is InChI=1S/C19H17BrFN3O4S/c20-12-4-6-16(15(21)10-12)23-29(26,27)13-5-7-17-14(11-13)18(22-28-17)19(25)24-8-2-1-3-9-24/h4-7,10-11,23H,1-3,8-9H2. The van der Waals surface area contributed by atoms with E-state index in [4.69, 9.17) is 4.52 Å². The van der Waals surface area contributed by atoms with E-state index in [2.05, 4.69) is 25.8 Å². The molecule has 2 heterocycles. The summed E-state index contributed by atoms with van der Waals surface area (Å²) in [4.78, 5) is 14.4. The van der Waals surface area contributed by atoms with E-state index in [-0.39, 0.29) is 22.2 Å². The van der Waals surface area contributed by atoms with E-state index in [1.165, 1.54) is 30.3 Å². The van der Waals surface area contributed by atoms with Crippen LogP contribution in [0.4, 0.5) is 10.1 Å². The SMILES string of the molecule is O=C(c1noc2ccc(S(=O)(=O)Nc3ccc(Br)cc3F)cc12)N1CCCCC1. The largest absolute Gasteiger partial charge is 0.355 e. The molecule has 7 nitrogen and oxygen atoms in total. The third-order valence-electron chi connectivity index (χ3n) is 4.77. The Morgan fingerprint density at radius 2 is 1.90 bits per heavy atom. The Morgan fingerprint density at radius 1 is 1.14 bits per heavy atom. The van der Waals surface area contributed by atoms with Gasteiger partial charge in [-0.1, -0.05) is 21.1 Å². The van der Waals surface area contributed by atoms with Crippen molar-refractivity contribution in [2.45, 2.75) is 24.2 Å². The molecule has 3 aromatic rings. The van der Waals surface area contributed by atoms with Crippen LogP contribution in [0.1, 0.15) is 29.8 Å². The van der Waals surface area contributed by atoms with Gasteiger partial charge in [0.1, 0.15) is 5.82 Å². The smallest absolute Gasteiger partial charge is 0.276 e. The van der Waals surface area contributed by atoms with Crippen LogP contribution in [0.15, 0.2) is 50.3 Å². The minimum atomic E-state index is -4.09. The van der Waals surface area contributed by atoms with Crippen molar-refractivity contribution in [3.8, 4) is 0 Å². The number of hydrogen-bond acceptors (Lipinski definition) is 5. The lowest BCUT2D eigenvalue weighted by molar-refractivity contribution is 0.0716. The summed E-state index contributed by atoms with van der Waals surface area (Å²) in [5, 5.41) is 4.16. The van der Waals surface area contributed by atoms with Gasteiger partial charge >= 0.3 is 0 Å². The summed E-state index contributed by atoms with van der Waals surface area (Å²) < 4.78 is 47.5. The quantitative estimate of drug-likeness (QED) is 0.603. The fourth-order valence-corrected chi connectivity index (χ4v) is 4.69. The number of carbonyl (C=O) groups excluding carboxylic acids is 1. The number of nitrogens with zero attached hydrogens (tertiary/aromatic N) is 2. The molecular formula is C19H17BrFN3O4S. The van der Waals surface area contributed by atoms with Gasteiger partial charge in [-0.2, -0.15) is 0 Å². The van der Waals surface area contributed by atoms with Crippen LogP contribution in [-0.4, -0.2) is 37.5 Å². The maximum Gasteiger partial charge on any atom is 0.276 e. The summed E-state index contributed by atoms with van der Waals surface area (Å²) in [6.07, 6.45) is 2.91. The monoisotopic (exact) mass is 481 g/mol. The molecule has 1 saturated heterocycles. The van der Waals surface area contributed by atoms with Crippen molar-refractivity contribution < 1.29 is 22.1 Å². The van der Waals surface area contributed by atoms with E-state index in [1.54, 1.807) is 4.90 Å². The molecule has 0 atom stereocenters. The van der Waals surface area contributed by atoms with Crippen molar-refractivity contribution in [1.82, 2.24) is 10.1 Å². The Hall–Kier alpha value is -2.46. The van der Waals surface area contributed by atoms with E-state index in [9.17, 15) is 17.6 Å². The molecule has 0 bridgehead atoms. The predicted molar refractivity (Wildman–Crippen MR) is 109 cm³/mol. The lowest BCUT2D eigenvalue weighted by atomic mass is 10.1. The molecule has 2 aromatic carbocycles. The number of halogens is 2. The number of anilines is 1. The predicted octanol–water partition coefficient (Wildman–Crippen LogP) is 4.16. The average molecular weight is 482 g/mol. The maximum atomic E-state index is 14.0. The first-order chi connectivity index (χ1) is 13.8. The highest BCUT2D eigenvalue weighted by atomic mass is 79.9. The van der Waals surface area contributed by atoms with Gasteiger partial charge in [-0.05, 0) is 55.7 Å². The van der Waals surface area contributed by atoms with Crippen molar-refractivity contribution in [1.29, 1.82) is 0 Å². The van der Waals surface area contributed by atoms with Gasteiger partial charge in [0.15, 0.2) is 11.3 Å². The number of nitrogens with one attached hydrogen (secondary N) is 1. The van der Waals surface area contributed by atoms with Gasteiger partial charge in [0.2, 0.25) is 0 Å². The van der Waals surface area contributed by atoms with Crippen molar-refractivity contribution in [2.24, 2.45) is 0 Å². The van der Waals surface area contributed by atoms with Crippen LogP contribution in [0, 0.1) is 5.82 Å². The van der Waals surface area contributed by atoms with Crippen LogP contribution >= 0.6 is 15.9 Å². The molecule has 0 radical (unpaired) electrons. The van der Waals surface area contributed by atoms with Gasteiger partial charge in [0.05, 0.1) is 16.0 Å². The van der Waals surface area contributed by atoms with Gasteiger partial charge in [-0.15, -0.1) is 0 Å². The van der Waals surface area contributed by atoms with Gasteiger partial charge in [0.25, 0.3) is 15.9 Å². The molecule has 4 rings (SSSR count). The van der Waals surface area contributed by atoms with Gasteiger partial charge in [0, 0.05) is 17.6 Å². The van der Waals surface area contributed by atoms with Gasteiger partial charge < -0.3 is 9.42 Å². The maximum absolute atomic E-state index is 14.0. The number of fused-ring (bicyclic) bond motifs is 1. The molecule has 29 heavy (non-hydrogen) atoms. The molecule has 1 aromatic heterocycles. The molecule has 10 heteroatoms. The van der Waals surface area contributed by atoms with Crippen LogP contribution in [0.25, 0.3) is 11.0 Å². The third kappa shape index (κ3) is 3.99. The minimum Gasteiger partial charge on any atom is -0.355 e. The topological polar surface area (TPSA) is 92.5 Å². The first-order valence-electron chi connectivity index (χ1n) is 9.02. The molecule has 0 spiro atoms. The van der Waals surface area contributed by atoms with E-state index < -0.39 is 15.8 Å². The second kappa shape index (κ2) is 7.75. The fourth-order valence-electron chi connectivity index (χ4n) is 3.26. The van der Waals surface area contributed by atoms with Gasteiger partial charge in [-0.3, -0.25) is 9.52 Å². The Kier molecular flexibility index (Phi) is 5.30. The second-order valence-electron chi connectivity index (χ2n) is 6.77. The zero-order valence-corrected chi connectivity index (χ0v) is 17.6. The van der Waals surface area contributed by atoms with Crippen LogP contribution in [0.3, 0.4) is 0 Å². The molecular weight excluding hydrogens is 465 g/mol. The molecule has 1 aliphatic rings. The van der Waals surface area contributed by atoms with Gasteiger partial charge in [-0.25, -0.2) is 12.8 Å². The Balaban J connectivity index is 1.68. The number of amides is 1. The molecule has 0 unspecified atom stereocenters.